The molecule has 0 heterocycles. The van der Waals surface area contributed by atoms with Gasteiger partial charge in [0.25, 0.3) is 0 Å². The van der Waals surface area contributed by atoms with Gasteiger partial charge in [0, 0.05) is 12.8 Å². The highest BCUT2D eigenvalue weighted by Crippen LogP contribution is 2.46. The van der Waals surface area contributed by atoms with Crippen molar-refractivity contribution in [3.05, 3.63) is 11.6 Å². The van der Waals surface area contributed by atoms with Gasteiger partial charge >= 0.3 is 5.97 Å². The van der Waals surface area contributed by atoms with Gasteiger partial charge in [0.2, 0.25) is 0 Å². The topological polar surface area (TPSA) is 26.3 Å². The van der Waals surface area contributed by atoms with Gasteiger partial charge < -0.3 is 4.74 Å². The predicted molar refractivity (Wildman–Crippen MR) is 73.1 cm³/mol. The molecule has 18 heavy (non-hydrogen) atoms. The highest BCUT2D eigenvalue weighted by Gasteiger charge is 2.41. The summed E-state index contributed by atoms with van der Waals surface area (Å²) < 4.78 is 5.50. The van der Waals surface area contributed by atoms with E-state index in [-0.39, 0.29) is 12.1 Å². The lowest BCUT2D eigenvalue weighted by atomic mass is 9.74. The largest absolute Gasteiger partial charge is 0.462 e. The lowest BCUT2D eigenvalue weighted by Crippen LogP contribution is -2.29. The molecule has 0 bridgehead atoms. The van der Waals surface area contributed by atoms with Gasteiger partial charge in [-0.3, -0.25) is 4.79 Å². The molecule has 2 aliphatic rings. The van der Waals surface area contributed by atoms with Crippen LogP contribution in [0.1, 0.15) is 53.4 Å². The van der Waals surface area contributed by atoms with Gasteiger partial charge in [0.1, 0.15) is 6.10 Å². The van der Waals surface area contributed by atoms with Crippen molar-refractivity contribution in [2.45, 2.75) is 59.5 Å². The van der Waals surface area contributed by atoms with Crippen molar-refractivity contribution in [1.82, 2.24) is 0 Å². The molecule has 0 spiro atoms. The Labute approximate surface area is 111 Å². The molecule has 4 atom stereocenters. The van der Waals surface area contributed by atoms with E-state index in [2.05, 4.69) is 26.8 Å². The average molecular weight is 250 g/mol. The molecule has 102 valence electrons. The first-order valence-corrected chi connectivity index (χ1v) is 7.34. The molecule has 2 nitrogen and oxygen atoms in total. The van der Waals surface area contributed by atoms with Crippen molar-refractivity contribution >= 4 is 5.97 Å². The molecule has 0 aromatic heterocycles. The molecule has 2 heteroatoms. The maximum absolute atomic E-state index is 11.2. The maximum atomic E-state index is 11.2. The van der Waals surface area contributed by atoms with Crippen molar-refractivity contribution < 1.29 is 9.53 Å². The van der Waals surface area contributed by atoms with Crippen LogP contribution in [0, 0.1) is 23.7 Å². The number of carbonyl (C=O) groups excluding carboxylic acids is 1. The molecule has 2 aliphatic carbocycles. The van der Waals surface area contributed by atoms with Crippen molar-refractivity contribution in [3.63, 3.8) is 0 Å². The van der Waals surface area contributed by atoms with Gasteiger partial charge in [0.15, 0.2) is 0 Å². The Kier molecular flexibility index (Phi) is 4.14. The molecule has 0 aromatic rings. The summed E-state index contributed by atoms with van der Waals surface area (Å²) in [7, 11) is 0. The molecular weight excluding hydrogens is 224 g/mol. The minimum Gasteiger partial charge on any atom is -0.462 e. The fraction of sp³-hybridized carbons (Fsp3) is 0.812. The summed E-state index contributed by atoms with van der Waals surface area (Å²) in [5.74, 6) is 2.54. The number of rotatable bonds is 3. The Hall–Kier alpha value is -0.790. The van der Waals surface area contributed by atoms with E-state index in [9.17, 15) is 4.79 Å². The standard InChI is InChI=1S/C16H26O2/c1-10(2)7-13-8-11(3)14-5-6-16(15(14)9-13)18-12(4)17/h9-11,14-16H,5-8H2,1-4H3. The normalized spacial score (nSPS) is 35.3. The van der Waals surface area contributed by atoms with E-state index in [1.807, 2.05) is 0 Å². The smallest absolute Gasteiger partial charge is 0.302 e. The van der Waals surface area contributed by atoms with Crippen LogP contribution in [0.3, 0.4) is 0 Å². The Morgan fingerprint density at radius 3 is 2.78 bits per heavy atom. The van der Waals surface area contributed by atoms with Gasteiger partial charge in [-0.05, 0) is 43.4 Å². The highest BCUT2D eigenvalue weighted by atomic mass is 16.5. The van der Waals surface area contributed by atoms with E-state index >= 15 is 0 Å². The van der Waals surface area contributed by atoms with Gasteiger partial charge in [-0.2, -0.15) is 0 Å². The minimum atomic E-state index is -0.127. The zero-order valence-electron chi connectivity index (χ0n) is 12.1. The fourth-order valence-corrected chi connectivity index (χ4v) is 3.84. The van der Waals surface area contributed by atoms with E-state index in [0.29, 0.717) is 11.8 Å². The number of hydrogen-bond donors (Lipinski definition) is 0. The van der Waals surface area contributed by atoms with Crippen LogP contribution < -0.4 is 0 Å². The number of allylic oxidation sites excluding steroid dienone is 1. The van der Waals surface area contributed by atoms with E-state index in [4.69, 9.17) is 4.74 Å². The first-order valence-electron chi connectivity index (χ1n) is 7.34. The van der Waals surface area contributed by atoms with Crippen LogP contribution in [0.4, 0.5) is 0 Å². The zero-order chi connectivity index (χ0) is 13.3. The van der Waals surface area contributed by atoms with E-state index in [1.165, 1.54) is 26.2 Å². The van der Waals surface area contributed by atoms with Crippen LogP contribution in [0.5, 0.6) is 0 Å². The summed E-state index contributed by atoms with van der Waals surface area (Å²) in [5.41, 5.74) is 1.58. The first-order chi connectivity index (χ1) is 8.47. The van der Waals surface area contributed by atoms with Crippen molar-refractivity contribution in [3.8, 4) is 0 Å². The predicted octanol–water partition coefficient (Wildman–Crippen LogP) is 3.96. The summed E-state index contributed by atoms with van der Waals surface area (Å²) in [6.45, 7) is 8.44. The maximum Gasteiger partial charge on any atom is 0.302 e. The Morgan fingerprint density at radius 1 is 1.44 bits per heavy atom. The molecule has 1 fully saturated rings. The zero-order valence-corrected chi connectivity index (χ0v) is 12.1. The second-order valence-corrected chi connectivity index (χ2v) is 6.57. The molecule has 0 aromatic carbocycles. The van der Waals surface area contributed by atoms with Crippen LogP contribution in [-0.4, -0.2) is 12.1 Å². The molecule has 0 amide bonds. The number of carbonyl (C=O) groups is 1. The highest BCUT2D eigenvalue weighted by molar-refractivity contribution is 5.66. The Bertz CT molecular complexity index is 343. The second kappa shape index (κ2) is 5.46. The van der Waals surface area contributed by atoms with Gasteiger partial charge in [-0.15, -0.1) is 0 Å². The molecule has 0 saturated heterocycles. The quantitative estimate of drug-likeness (QED) is 0.560. The van der Waals surface area contributed by atoms with E-state index in [1.54, 1.807) is 5.57 Å². The number of hydrogen-bond acceptors (Lipinski definition) is 2. The van der Waals surface area contributed by atoms with Crippen LogP contribution in [0.2, 0.25) is 0 Å². The minimum absolute atomic E-state index is 0.127. The van der Waals surface area contributed by atoms with Crippen molar-refractivity contribution in [1.29, 1.82) is 0 Å². The number of fused-ring (bicyclic) bond motifs is 1. The second-order valence-electron chi connectivity index (χ2n) is 6.57. The SMILES string of the molecule is CC(=O)OC1CCC2C(C)CC(CC(C)C)=CC12. The van der Waals surface area contributed by atoms with Gasteiger partial charge in [-0.1, -0.05) is 32.4 Å². The molecule has 0 aliphatic heterocycles. The third-order valence-electron chi connectivity index (χ3n) is 4.44. The van der Waals surface area contributed by atoms with Crippen LogP contribution in [-0.2, 0) is 9.53 Å². The Balaban J connectivity index is 2.11. The summed E-state index contributed by atoms with van der Waals surface area (Å²) in [4.78, 5) is 11.2. The molecular formula is C16H26O2. The lowest BCUT2D eigenvalue weighted by molar-refractivity contribution is -0.147. The lowest BCUT2D eigenvalue weighted by Gasteiger charge is -2.33. The number of esters is 1. The van der Waals surface area contributed by atoms with Crippen LogP contribution in [0.25, 0.3) is 0 Å². The summed E-state index contributed by atoms with van der Waals surface area (Å²) in [5, 5.41) is 0. The third-order valence-corrected chi connectivity index (χ3v) is 4.44. The van der Waals surface area contributed by atoms with E-state index in [0.717, 1.165) is 18.3 Å². The summed E-state index contributed by atoms with van der Waals surface area (Å²) >= 11 is 0. The fourth-order valence-electron chi connectivity index (χ4n) is 3.84. The number of ether oxygens (including phenoxy) is 1. The molecule has 2 rings (SSSR count). The van der Waals surface area contributed by atoms with Crippen LogP contribution >= 0.6 is 0 Å². The summed E-state index contributed by atoms with van der Waals surface area (Å²) in [6.07, 6.45) is 7.27. The van der Waals surface area contributed by atoms with Gasteiger partial charge in [-0.25, -0.2) is 0 Å². The first kappa shape index (κ1) is 13.6. The van der Waals surface area contributed by atoms with E-state index < -0.39 is 0 Å². The van der Waals surface area contributed by atoms with Crippen molar-refractivity contribution in [2.24, 2.45) is 23.7 Å². The van der Waals surface area contributed by atoms with Gasteiger partial charge in [0.05, 0.1) is 0 Å². The third kappa shape index (κ3) is 2.96. The van der Waals surface area contributed by atoms with Crippen LogP contribution in [0.15, 0.2) is 11.6 Å². The molecule has 0 N–H and O–H groups in total. The molecule has 1 saturated carbocycles. The molecule has 0 radical (unpaired) electrons. The Morgan fingerprint density at radius 2 is 2.17 bits per heavy atom. The van der Waals surface area contributed by atoms with Crippen molar-refractivity contribution in [2.75, 3.05) is 0 Å². The average Bonchev–Trinajstić information content (AvgIpc) is 2.60. The summed E-state index contributed by atoms with van der Waals surface area (Å²) in [6, 6.07) is 0. The monoisotopic (exact) mass is 250 g/mol. The molecule has 4 unspecified atom stereocenters.